The molecule has 0 spiro atoms. The summed E-state index contributed by atoms with van der Waals surface area (Å²) in [6.45, 7) is 5.93. The summed E-state index contributed by atoms with van der Waals surface area (Å²) in [4.78, 5) is 33.8. The Morgan fingerprint density at radius 2 is 1.64 bits per heavy atom. The van der Waals surface area contributed by atoms with E-state index in [0.29, 0.717) is 39.1 Å². The second-order valence-electron chi connectivity index (χ2n) is 9.92. The maximum atomic E-state index is 13.8. The van der Waals surface area contributed by atoms with Gasteiger partial charge >= 0.3 is 6.03 Å². The van der Waals surface area contributed by atoms with Crippen LogP contribution in [0.15, 0.2) is 79.0 Å². The van der Waals surface area contributed by atoms with Crippen LogP contribution in [-0.2, 0) is 22.5 Å². The molecular weight excluding hydrogens is 488 g/mol. The third kappa shape index (κ3) is 7.71. The summed E-state index contributed by atoms with van der Waals surface area (Å²) in [6.07, 6.45) is 3.37. The zero-order chi connectivity index (χ0) is 27.6. The van der Waals surface area contributed by atoms with Gasteiger partial charge in [0.2, 0.25) is 5.91 Å². The van der Waals surface area contributed by atoms with Crippen molar-refractivity contribution in [1.82, 2.24) is 14.8 Å². The van der Waals surface area contributed by atoms with Gasteiger partial charge < -0.3 is 24.8 Å². The van der Waals surface area contributed by atoms with Gasteiger partial charge in [0.15, 0.2) is 0 Å². The van der Waals surface area contributed by atoms with E-state index in [1.54, 1.807) is 12.0 Å². The van der Waals surface area contributed by atoms with Gasteiger partial charge in [-0.15, -0.1) is 0 Å². The fourth-order valence-electron chi connectivity index (χ4n) is 4.62. The molecule has 0 atom stereocenters. The molecule has 0 aliphatic rings. The van der Waals surface area contributed by atoms with Gasteiger partial charge in [-0.25, -0.2) is 4.79 Å². The predicted molar refractivity (Wildman–Crippen MR) is 157 cm³/mol. The molecule has 4 aromatic rings. The maximum Gasteiger partial charge on any atom is 0.322 e. The summed E-state index contributed by atoms with van der Waals surface area (Å²) in [5.74, 6) is -0.0900. The number of ether oxygens (including phenoxy) is 1. The molecule has 0 unspecified atom stereocenters. The maximum absolute atomic E-state index is 13.8. The Morgan fingerprint density at radius 3 is 2.41 bits per heavy atom. The number of hydrogen-bond donors (Lipinski definition) is 2. The molecule has 0 radical (unpaired) electrons. The Morgan fingerprint density at radius 1 is 0.897 bits per heavy atom. The van der Waals surface area contributed by atoms with Crippen molar-refractivity contribution in [1.29, 1.82) is 0 Å². The van der Waals surface area contributed by atoms with E-state index in [1.165, 1.54) is 16.5 Å². The number of aromatic amines is 1. The van der Waals surface area contributed by atoms with Crippen LogP contribution < -0.4 is 5.32 Å². The number of rotatable bonds is 12. The average molecular weight is 527 g/mol. The predicted octanol–water partition coefficient (Wildman–Crippen LogP) is 5.93. The molecule has 7 nitrogen and oxygen atoms in total. The number of nitrogens with zero attached hydrogens (tertiary/aromatic N) is 2. The molecule has 0 aliphatic heterocycles. The van der Waals surface area contributed by atoms with Gasteiger partial charge in [0.25, 0.3) is 0 Å². The number of urea groups is 1. The van der Waals surface area contributed by atoms with E-state index in [4.69, 9.17) is 4.74 Å². The minimum Gasteiger partial charge on any atom is -0.385 e. The van der Waals surface area contributed by atoms with E-state index < -0.39 is 0 Å². The van der Waals surface area contributed by atoms with Crippen molar-refractivity contribution in [2.45, 2.75) is 33.2 Å². The summed E-state index contributed by atoms with van der Waals surface area (Å²) >= 11 is 0. The van der Waals surface area contributed by atoms with E-state index in [2.05, 4.69) is 53.6 Å². The lowest BCUT2D eigenvalue weighted by atomic mass is 10.1. The standard InChI is InChI=1S/C32H38N4O3/c1-24-13-15-26(16-14-24)22-35(19-17-27-21-33-30-12-7-5-10-28(27)30)31(37)23-36(18-8-20-39-3)32(38)34-29-11-6-4-9-25(29)2/h4-7,9-16,21,33H,8,17-20,22-23H2,1-3H3,(H,34,38). The molecule has 0 saturated carbocycles. The van der Waals surface area contributed by atoms with Crippen LogP contribution in [-0.4, -0.2) is 60.1 Å². The van der Waals surface area contributed by atoms with Crippen molar-refractivity contribution in [3.63, 3.8) is 0 Å². The number of anilines is 1. The second-order valence-corrected chi connectivity index (χ2v) is 9.92. The molecule has 1 heterocycles. The highest BCUT2D eigenvalue weighted by Crippen LogP contribution is 2.19. The number of H-pyrrole nitrogens is 1. The fourth-order valence-corrected chi connectivity index (χ4v) is 4.62. The monoisotopic (exact) mass is 526 g/mol. The van der Waals surface area contributed by atoms with Gasteiger partial charge in [-0.2, -0.15) is 0 Å². The lowest BCUT2D eigenvalue weighted by molar-refractivity contribution is -0.132. The number of nitrogens with one attached hydrogen (secondary N) is 2. The van der Waals surface area contributed by atoms with Crippen molar-refractivity contribution in [3.05, 3.63) is 101 Å². The zero-order valence-corrected chi connectivity index (χ0v) is 23.1. The summed E-state index contributed by atoms with van der Waals surface area (Å²) in [6, 6.07) is 23.8. The van der Waals surface area contributed by atoms with Crippen LogP contribution in [0.1, 0.15) is 28.7 Å². The number of fused-ring (bicyclic) bond motifs is 1. The number of para-hydroxylation sites is 2. The molecule has 3 amide bonds. The average Bonchev–Trinajstić information content (AvgIpc) is 3.36. The second kappa shape index (κ2) is 13.6. The van der Waals surface area contributed by atoms with E-state index in [1.807, 2.05) is 54.4 Å². The highest BCUT2D eigenvalue weighted by Gasteiger charge is 2.22. The number of amides is 3. The van der Waals surface area contributed by atoms with Crippen molar-refractivity contribution in [2.75, 3.05) is 38.7 Å². The Balaban J connectivity index is 1.51. The molecule has 0 aliphatic carbocycles. The first-order valence-corrected chi connectivity index (χ1v) is 13.4. The zero-order valence-electron chi connectivity index (χ0n) is 23.1. The van der Waals surface area contributed by atoms with Crippen molar-refractivity contribution in [2.24, 2.45) is 0 Å². The smallest absolute Gasteiger partial charge is 0.322 e. The van der Waals surface area contributed by atoms with E-state index in [-0.39, 0.29) is 18.5 Å². The third-order valence-electron chi connectivity index (χ3n) is 6.95. The van der Waals surface area contributed by atoms with E-state index in [0.717, 1.165) is 22.3 Å². The number of methoxy groups -OCH3 is 1. The molecule has 0 saturated heterocycles. The van der Waals surface area contributed by atoms with Crippen LogP contribution in [0.2, 0.25) is 0 Å². The molecule has 2 N–H and O–H groups in total. The lowest BCUT2D eigenvalue weighted by Crippen LogP contribution is -2.45. The highest BCUT2D eigenvalue weighted by atomic mass is 16.5. The quantitative estimate of drug-likeness (QED) is 0.225. The van der Waals surface area contributed by atoms with Crippen LogP contribution in [0.4, 0.5) is 10.5 Å². The SMILES string of the molecule is COCCCN(CC(=O)N(CCc1c[nH]c2ccccc12)Cc1ccc(C)cc1)C(=O)Nc1ccccc1C. The number of aromatic nitrogens is 1. The number of aryl methyl sites for hydroxylation is 2. The van der Waals surface area contributed by atoms with Crippen molar-refractivity contribution in [3.8, 4) is 0 Å². The molecule has 3 aromatic carbocycles. The van der Waals surface area contributed by atoms with Crippen LogP contribution >= 0.6 is 0 Å². The lowest BCUT2D eigenvalue weighted by Gasteiger charge is -2.28. The minimum atomic E-state index is -0.291. The largest absolute Gasteiger partial charge is 0.385 e. The minimum absolute atomic E-state index is 0.0127. The Kier molecular flexibility index (Phi) is 9.75. The summed E-state index contributed by atoms with van der Waals surface area (Å²) in [7, 11) is 1.64. The molecule has 4 rings (SSSR count). The van der Waals surface area contributed by atoms with Crippen LogP contribution in [0.3, 0.4) is 0 Å². The summed E-state index contributed by atoms with van der Waals surface area (Å²) in [5.41, 5.74) is 6.19. The molecule has 0 bridgehead atoms. The molecule has 39 heavy (non-hydrogen) atoms. The summed E-state index contributed by atoms with van der Waals surface area (Å²) in [5, 5.41) is 4.15. The van der Waals surface area contributed by atoms with E-state index >= 15 is 0 Å². The molecule has 7 heteroatoms. The van der Waals surface area contributed by atoms with Crippen molar-refractivity contribution >= 4 is 28.5 Å². The number of benzene rings is 3. The first-order valence-electron chi connectivity index (χ1n) is 13.4. The normalized spacial score (nSPS) is 10.9. The number of carbonyl (C=O) groups is 2. The first-order chi connectivity index (χ1) is 18.9. The molecule has 204 valence electrons. The Labute approximate surface area is 230 Å². The molecule has 1 aromatic heterocycles. The number of hydrogen-bond acceptors (Lipinski definition) is 3. The van der Waals surface area contributed by atoms with Gasteiger partial charge in [0.1, 0.15) is 6.54 Å². The van der Waals surface area contributed by atoms with Gasteiger partial charge in [-0.1, -0.05) is 66.2 Å². The van der Waals surface area contributed by atoms with Crippen LogP contribution in [0.25, 0.3) is 10.9 Å². The van der Waals surface area contributed by atoms with Gasteiger partial charge in [0, 0.05) is 56.1 Å². The fraction of sp³-hybridized carbons (Fsp3) is 0.312. The summed E-state index contributed by atoms with van der Waals surface area (Å²) < 4.78 is 5.21. The first kappa shape index (κ1) is 27.9. The molecule has 0 fully saturated rings. The van der Waals surface area contributed by atoms with E-state index in [9.17, 15) is 9.59 Å². The van der Waals surface area contributed by atoms with Crippen molar-refractivity contribution < 1.29 is 14.3 Å². The van der Waals surface area contributed by atoms with Gasteiger partial charge in [-0.05, 0) is 55.5 Å². The molecular formula is C32H38N4O3. The topological polar surface area (TPSA) is 77.7 Å². The third-order valence-corrected chi connectivity index (χ3v) is 6.95. The number of carbonyl (C=O) groups excluding carboxylic acids is 2. The van der Waals surface area contributed by atoms with Crippen LogP contribution in [0, 0.1) is 13.8 Å². The Bertz CT molecular complexity index is 1380. The Hall–Kier alpha value is -4.10. The van der Waals surface area contributed by atoms with Gasteiger partial charge in [0.05, 0.1) is 0 Å². The highest BCUT2D eigenvalue weighted by molar-refractivity contribution is 5.93. The van der Waals surface area contributed by atoms with Gasteiger partial charge in [-0.3, -0.25) is 4.79 Å². The van der Waals surface area contributed by atoms with Crippen LogP contribution in [0.5, 0.6) is 0 Å².